The zero-order chi connectivity index (χ0) is 27.9. The van der Waals surface area contributed by atoms with Gasteiger partial charge in [-0.3, -0.25) is 20.4 Å². The van der Waals surface area contributed by atoms with Crippen LogP contribution in [0.3, 0.4) is 0 Å². The van der Waals surface area contributed by atoms with Gasteiger partial charge in [0.25, 0.3) is 0 Å². The van der Waals surface area contributed by atoms with Crippen LogP contribution in [0.25, 0.3) is 0 Å². The number of carbonyl (C=O) groups is 3. The molecule has 3 heterocycles. The van der Waals surface area contributed by atoms with Crippen molar-refractivity contribution in [2.45, 2.75) is 46.1 Å². The van der Waals surface area contributed by atoms with E-state index in [1.165, 1.54) is 23.1 Å². The van der Waals surface area contributed by atoms with Crippen molar-refractivity contribution in [3.8, 4) is 0 Å². The number of likely N-dealkylation sites (tertiary alicyclic amines) is 1. The Labute approximate surface area is 219 Å². The number of carbonyl (C=O) groups excluding carboxylic acids is 3. The fourth-order valence-electron chi connectivity index (χ4n) is 4.78. The molecule has 0 radical (unpaired) electrons. The van der Waals surface area contributed by atoms with E-state index >= 15 is 0 Å². The SMILES string of the molecule is Cc1ccc(C(F)(F)C(=O)NNC(=O)C2CN(C(=O)OC(C)(C)C)CC23CN(c2ncccn2)C3)cc1C. The number of anilines is 1. The molecule has 204 valence electrons. The molecule has 10 nitrogen and oxygen atoms in total. The Morgan fingerprint density at radius 1 is 1.03 bits per heavy atom. The van der Waals surface area contributed by atoms with Crippen molar-refractivity contribution in [3.05, 3.63) is 53.3 Å². The lowest BCUT2D eigenvalue weighted by atomic mass is 9.71. The molecule has 0 bridgehead atoms. The predicted molar refractivity (Wildman–Crippen MR) is 134 cm³/mol. The van der Waals surface area contributed by atoms with Gasteiger partial charge in [-0.2, -0.15) is 8.78 Å². The van der Waals surface area contributed by atoms with Gasteiger partial charge < -0.3 is 14.5 Å². The van der Waals surface area contributed by atoms with Crippen molar-refractivity contribution < 1.29 is 27.9 Å². The number of hydrogen-bond donors (Lipinski definition) is 2. The van der Waals surface area contributed by atoms with Crippen LogP contribution in [-0.4, -0.2) is 64.6 Å². The van der Waals surface area contributed by atoms with Gasteiger partial charge in [-0.1, -0.05) is 12.1 Å². The Kier molecular flexibility index (Phi) is 7.02. The Bertz CT molecular complexity index is 1230. The van der Waals surface area contributed by atoms with Crippen LogP contribution in [0.1, 0.15) is 37.5 Å². The molecule has 0 saturated carbocycles. The Hall–Kier alpha value is -3.83. The minimum Gasteiger partial charge on any atom is -0.444 e. The number of ether oxygens (including phenoxy) is 1. The summed E-state index contributed by atoms with van der Waals surface area (Å²) in [6.45, 7) is 9.62. The van der Waals surface area contributed by atoms with Gasteiger partial charge in [-0.25, -0.2) is 14.8 Å². The van der Waals surface area contributed by atoms with Crippen molar-refractivity contribution in [1.29, 1.82) is 0 Å². The second-order valence-corrected chi connectivity index (χ2v) is 11.0. The Morgan fingerprint density at radius 2 is 1.68 bits per heavy atom. The van der Waals surface area contributed by atoms with E-state index in [4.69, 9.17) is 4.74 Å². The van der Waals surface area contributed by atoms with Gasteiger partial charge in [0.1, 0.15) is 5.60 Å². The van der Waals surface area contributed by atoms with E-state index in [9.17, 15) is 23.2 Å². The number of nitrogens with zero attached hydrogens (tertiary/aromatic N) is 4. The zero-order valence-corrected chi connectivity index (χ0v) is 22.0. The molecular formula is C26H32F2N6O4. The topological polar surface area (TPSA) is 117 Å². The van der Waals surface area contributed by atoms with Crippen molar-refractivity contribution in [2.75, 3.05) is 31.1 Å². The van der Waals surface area contributed by atoms with Crippen LogP contribution in [0, 0.1) is 25.2 Å². The second kappa shape index (κ2) is 9.80. The van der Waals surface area contributed by atoms with E-state index in [0.717, 1.165) is 5.56 Å². The molecule has 4 rings (SSSR count). The smallest absolute Gasteiger partial charge is 0.410 e. The standard InChI is InChI=1S/C26H32F2N6O4/c1-16-7-8-18(11-17(16)2)26(27,28)21(36)32-31-20(35)19-12-33(23(37)38-24(3,4)5)13-25(19)14-34(15-25)22-29-9-6-10-30-22/h6-11,19H,12-15H2,1-5H3,(H,31,35)(H,32,36). The maximum atomic E-state index is 14.8. The number of rotatable bonds is 4. The maximum absolute atomic E-state index is 14.8. The summed E-state index contributed by atoms with van der Waals surface area (Å²) in [5, 5.41) is 0. The molecule has 2 saturated heterocycles. The van der Waals surface area contributed by atoms with Crippen LogP contribution >= 0.6 is 0 Å². The molecule has 2 aromatic rings. The lowest BCUT2D eigenvalue weighted by molar-refractivity contribution is -0.150. The van der Waals surface area contributed by atoms with Crippen LogP contribution in [-0.2, 0) is 20.2 Å². The minimum atomic E-state index is -3.86. The highest BCUT2D eigenvalue weighted by molar-refractivity contribution is 5.89. The van der Waals surface area contributed by atoms with Crippen LogP contribution in [0.15, 0.2) is 36.7 Å². The average molecular weight is 531 g/mol. The van der Waals surface area contributed by atoms with Crippen molar-refractivity contribution in [3.63, 3.8) is 0 Å². The Morgan fingerprint density at radius 3 is 2.29 bits per heavy atom. The van der Waals surface area contributed by atoms with E-state index < -0.39 is 46.3 Å². The van der Waals surface area contributed by atoms with Gasteiger partial charge >= 0.3 is 17.9 Å². The summed E-state index contributed by atoms with van der Waals surface area (Å²) in [5.74, 6) is -6.49. The summed E-state index contributed by atoms with van der Waals surface area (Å²) < 4.78 is 35.1. The number of aromatic nitrogens is 2. The summed E-state index contributed by atoms with van der Waals surface area (Å²) in [5.41, 5.74) is 3.58. The van der Waals surface area contributed by atoms with Crippen LogP contribution in [0.4, 0.5) is 19.5 Å². The summed E-state index contributed by atoms with van der Waals surface area (Å²) in [4.78, 5) is 50.2. The Balaban J connectivity index is 1.47. The molecule has 1 aromatic heterocycles. The molecule has 1 spiro atoms. The van der Waals surface area contributed by atoms with Gasteiger partial charge in [0.2, 0.25) is 11.9 Å². The second-order valence-electron chi connectivity index (χ2n) is 11.0. The average Bonchev–Trinajstić information content (AvgIpc) is 3.24. The van der Waals surface area contributed by atoms with Crippen LogP contribution < -0.4 is 15.8 Å². The van der Waals surface area contributed by atoms with E-state index in [2.05, 4.69) is 15.4 Å². The first-order valence-corrected chi connectivity index (χ1v) is 12.3. The molecule has 38 heavy (non-hydrogen) atoms. The fourth-order valence-corrected chi connectivity index (χ4v) is 4.78. The van der Waals surface area contributed by atoms with Crippen LogP contribution in [0.5, 0.6) is 0 Å². The molecule has 1 unspecified atom stereocenters. The molecule has 1 aromatic carbocycles. The quantitative estimate of drug-likeness (QED) is 0.584. The van der Waals surface area contributed by atoms with Gasteiger partial charge in [0.05, 0.1) is 5.92 Å². The normalized spacial score (nSPS) is 18.7. The highest BCUT2D eigenvalue weighted by atomic mass is 19.3. The van der Waals surface area contributed by atoms with Gasteiger partial charge in [0.15, 0.2) is 0 Å². The largest absolute Gasteiger partial charge is 0.444 e. The molecule has 2 N–H and O–H groups in total. The number of hydrogen-bond acceptors (Lipinski definition) is 7. The molecule has 12 heteroatoms. The molecule has 2 fully saturated rings. The summed E-state index contributed by atoms with van der Waals surface area (Å²) in [6.07, 6.45) is 2.63. The monoisotopic (exact) mass is 530 g/mol. The molecular weight excluding hydrogens is 498 g/mol. The summed E-state index contributed by atoms with van der Waals surface area (Å²) in [7, 11) is 0. The number of amides is 3. The van der Waals surface area contributed by atoms with Crippen molar-refractivity contribution in [2.24, 2.45) is 11.3 Å². The summed E-state index contributed by atoms with van der Waals surface area (Å²) >= 11 is 0. The molecule has 0 aliphatic carbocycles. The highest BCUT2D eigenvalue weighted by Gasteiger charge is 2.59. The first-order valence-electron chi connectivity index (χ1n) is 12.3. The molecule has 1 atom stereocenters. The zero-order valence-electron chi connectivity index (χ0n) is 22.0. The number of hydrazine groups is 1. The van der Waals surface area contributed by atoms with Gasteiger partial charge in [0, 0.05) is 49.6 Å². The first-order chi connectivity index (χ1) is 17.7. The van der Waals surface area contributed by atoms with E-state index in [1.807, 2.05) is 10.3 Å². The maximum Gasteiger partial charge on any atom is 0.410 e. The number of aryl methyl sites for hydroxylation is 2. The molecule has 3 amide bonds. The van der Waals surface area contributed by atoms with E-state index in [1.54, 1.807) is 53.1 Å². The van der Waals surface area contributed by atoms with Crippen molar-refractivity contribution >= 4 is 23.9 Å². The van der Waals surface area contributed by atoms with E-state index in [-0.39, 0.29) is 13.1 Å². The van der Waals surface area contributed by atoms with Gasteiger partial charge in [-0.15, -0.1) is 0 Å². The third kappa shape index (κ3) is 5.39. The predicted octanol–water partition coefficient (Wildman–Crippen LogP) is 2.71. The number of nitrogens with one attached hydrogen (secondary N) is 2. The number of alkyl halides is 2. The third-order valence-corrected chi connectivity index (χ3v) is 6.92. The third-order valence-electron chi connectivity index (χ3n) is 6.92. The fraction of sp³-hybridized carbons (Fsp3) is 0.500. The lowest BCUT2D eigenvalue weighted by Crippen LogP contribution is -2.64. The lowest BCUT2D eigenvalue weighted by Gasteiger charge is -2.50. The van der Waals surface area contributed by atoms with Crippen LogP contribution in [0.2, 0.25) is 0 Å². The number of halogens is 2. The number of benzene rings is 1. The highest BCUT2D eigenvalue weighted by Crippen LogP contribution is 2.45. The van der Waals surface area contributed by atoms with E-state index in [0.29, 0.717) is 24.6 Å². The van der Waals surface area contributed by atoms with Crippen molar-refractivity contribution in [1.82, 2.24) is 25.7 Å². The molecule has 2 aliphatic rings. The minimum absolute atomic E-state index is 0.00759. The first kappa shape index (κ1) is 27.2. The molecule has 2 aliphatic heterocycles. The summed E-state index contributed by atoms with van der Waals surface area (Å²) in [6, 6.07) is 5.63. The van der Waals surface area contributed by atoms with Gasteiger partial charge in [-0.05, 0) is 57.9 Å².